The first-order valence-corrected chi connectivity index (χ1v) is 4.70. The standard InChI is InChI=1S/C10H9F3N2O/c1-2-15-6-14-8-5-7(3-4-9(8)15)16-10(11,12)13/h3-6H,2H2,1H3. The average Bonchev–Trinajstić information content (AvgIpc) is 2.57. The molecule has 6 heteroatoms. The summed E-state index contributed by atoms with van der Waals surface area (Å²) in [6, 6.07) is 4.12. The van der Waals surface area contributed by atoms with Gasteiger partial charge in [-0.1, -0.05) is 0 Å². The zero-order valence-electron chi connectivity index (χ0n) is 8.45. The zero-order chi connectivity index (χ0) is 11.8. The second kappa shape index (κ2) is 3.70. The van der Waals surface area contributed by atoms with Gasteiger partial charge < -0.3 is 9.30 Å². The highest BCUT2D eigenvalue weighted by molar-refractivity contribution is 5.76. The van der Waals surface area contributed by atoms with Gasteiger partial charge in [0.25, 0.3) is 0 Å². The summed E-state index contributed by atoms with van der Waals surface area (Å²) in [6.07, 6.45) is -3.08. The van der Waals surface area contributed by atoms with Gasteiger partial charge in [-0.15, -0.1) is 13.2 Å². The Bertz CT molecular complexity index is 504. The van der Waals surface area contributed by atoms with Crippen molar-refractivity contribution in [3.8, 4) is 5.75 Å². The third-order valence-electron chi connectivity index (χ3n) is 2.17. The monoisotopic (exact) mass is 230 g/mol. The number of aromatic nitrogens is 2. The number of hydrogen-bond donors (Lipinski definition) is 0. The van der Waals surface area contributed by atoms with Gasteiger partial charge in [0.1, 0.15) is 5.75 Å². The van der Waals surface area contributed by atoms with Crippen LogP contribution in [0.2, 0.25) is 0 Å². The number of hydrogen-bond acceptors (Lipinski definition) is 2. The predicted molar refractivity (Wildman–Crippen MR) is 52.1 cm³/mol. The Balaban J connectivity index is 2.38. The Morgan fingerprint density at radius 2 is 2.12 bits per heavy atom. The first kappa shape index (κ1) is 10.8. The first-order chi connectivity index (χ1) is 7.49. The summed E-state index contributed by atoms with van der Waals surface area (Å²) in [7, 11) is 0. The summed E-state index contributed by atoms with van der Waals surface area (Å²) in [6.45, 7) is 2.65. The molecule has 0 aliphatic carbocycles. The molecule has 0 N–H and O–H groups in total. The second-order valence-corrected chi connectivity index (χ2v) is 3.23. The van der Waals surface area contributed by atoms with Crippen LogP contribution in [0.5, 0.6) is 5.75 Å². The summed E-state index contributed by atoms with van der Waals surface area (Å²) < 4.78 is 41.5. The minimum Gasteiger partial charge on any atom is -0.406 e. The Hall–Kier alpha value is -1.72. The van der Waals surface area contributed by atoms with Gasteiger partial charge in [-0.25, -0.2) is 4.98 Å². The second-order valence-electron chi connectivity index (χ2n) is 3.23. The molecular weight excluding hydrogens is 221 g/mol. The molecule has 0 radical (unpaired) electrons. The molecule has 2 rings (SSSR count). The first-order valence-electron chi connectivity index (χ1n) is 4.70. The molecule has 0 bridgehead atoms. The summed E-state index contributed by atoms with van der Waals surface area (Å²) >= 11 is 0. The lowest BCUT2D eigenvalue weighted by atomic mass is 10.3. The smallest absolute Gasteiger partial charge is 0.406 e. The molecule has 86 valence electrons. The molecule has 0 amide bonds. The molecule has 0 aliphatic rings. The van der Waals surface area contributed by atoms with E-state index in [1.54, 1.807) is 12.4 Å². The molecule has 0 aliphatic heterocycles. The molecule has 0 unspecified atom stereocenters. The highest BCUT2D eigenvalue weighted by atomic mass is 19.4. The maximum Gasteiger partial charge on any atom is 0.573 e. The Kier molecular flexibility index (Phi) is 2.49. The molecule has 16 heavy (non-hydrogen) atoms. The third kappa shape index (κ3) is 2.10. The number of rotatable bonds is 2. The van der Waals surface area contributed by atoms with Crippen molar-refractivity contribution in [1.29, 1.82) is 0 Å². The Morgan fingerprint density at radius 1 is 1.38 bits per heavy atom. The van der Waals surface area contributed by atoms with Crippen molar-refractivity contribution >= 4 is 11.0 Å². The normalized spacial score (nSPS) is 12.0. The lowest BCUT2D eigenvalue weighted by Crippen LogP contribution is -2.17. The number of aryl methyl sites for hydroxylation is 1. The van der Waals surface area contributed by atoms with E-state index in [9.17, 15) is 13.2 Å². The molecular formula is C10H9F3N2O. The van der Waals surface area contributed by atoms with Gasteiger partial charge in [-0.05, 0) is 19.1 Å². The molecule has 2 aromatic rings. The molecule has 0 atom stereocenters. The van der Waals surface area contributed by atoms with E-state index in [1.165, 1.54) is 12.1 Å². The summed E-state index contributed by atoms with van der Waals surface area (Å²) in [4.78, 5) is 4.00. The SMILES string of the molecule is CCn1cnc2cc(OC(F)(F)F)ccc21. The van der Waals surface area contributed by atoms with Crippen LogP contribution in [-0.2, 0) is 6.54 Å². The van der Waals surface area contributed by atoms with Crippen LogP contribution in [0.3, 0.4) is 0 Å². The van der Waals surface area contributed by atoms with Gasteiger partial charge in [0.05, 0.1) is 17.4 Å². The number of fused-ring (bicyclic) bond motifs is 1. The van der Waals surface area contributed by atoms with Gasteiger partial charge in [-0.3, -0.25) is 0 Å². The maximum atomic E-state index is 12.0. The van der Waals surface area contributed by atoms with Gasteiger partial charge in [0.2, 0.25) is 0 Å². The van der Waals surface area contributed by atoms with Crippen LogP contribution < -0.4 is 4.74 Å². The number of benzene rings is 1. The van der Waals surface area contributed by atoms with E-state index in [0.29, 0.717) is 5.52 Å². The summed E-state index contributed by atoms with van der Waals surface area (Å²) in [5.74, 6) is -0.249. The minimum atomic E-state index is -4.67. The van der Waals surface area contributed by atoms with Crippen LogP contribution in [0, 0.1) is 0 Å². The van der Waals surface area contributed by atoms with E-state index in [2.05, 4.69) is 9.72 Å². The number of ether oxygens (including phenoxy) is 1. The van der Waals surface area contributed by atoms with Crippen molar-refractivity contribution in [1.82, 2.24) is 9.55 Å². The summed E-state index contributed by atoms with van der Waals surface area (Å²) in [5.41, 5.74) is 1.28. The molecule has 1 aromatic heterocycles. The van der Waals surface area contributed by atoms with Gasteiger partial charge in [-0.2, -0.15) is 0 Å². The van der Waals surface area contributed by atoms with Crippen molar-refractivity contribution in [2.75, 3.05) is 0 Å². The van der Waals surface area contributed by atoms with E-state index >= 15 is 0 Å². The molecule has 0 saturated carbocycles. The fourth-order valence-corrected chi connectivity index (χ4v) is 1.49. The molecule has 0 fully saturated rings. The van der Waals surface area contributed by atoms with Crippen LogP contribution >= 0.6 is 0 Å². The van der Waals surface area contributed by atoms with E-state index in [4.69, 9.17) is 0 Å². The number of nitrogens with zero attached hydrogens (tertiary/aromatic N) is 2. The highest BCUT2D eigenvalue weighted by Crippen LogP contribution is 2.25. The minimum absolute atomic E-state index is 0.249. The largest absolute Gasteiger partial charge is 0.573 e. The maximum absolute atomic E-state index is 12.0. The number of alkyl halides is 3. The Labute approximate surface area is 89.5 Å². The van der Waals surface area contributed by atoms with Gasteiger partial charge in [0, 0.05) is 12.6 Å². The van der Waals surface area contributed by atoms with Crippen molar-refractivity contribution in [2.24, 2.45) is 0 Å². The van der Waals surface area contributed by atoms with Crippen molar-refractivity contribution in [3.63, 3.8) is 0 Å². The predicted octanol–water partition coefficient (Wildman–Crippen LogP) is 2.95. The average molecular weight is 230 g/mol. The lowest BCUT2D eigenvalue weighted by Gasteiger charge is -2.08. The molecule has 1 aromatic carbocycles. The molecule has 1 heterocycles. The van der Waals surface area contributed by atoms with Gasteiger partial charge in [0.15, 0.2) is 0 Å². The fraction of sp³-hybridized carbons (Fsp3) is 0.300. The van der Waals surface area contributed by atoms with E-state index in [1.807, 2.05) is 11.5 Å². The van der Waals surface area contributed by atoms with E-state index < -0.39 is 6.36 Å². The lowest BCUT2D eigenvalue weighted by molar-refractivity contribution is -0.274. The van der Waals surface area contributed by atoms with Crippen LogP contribution in [-0.4, -0.2) is 15.9 Å². The quantitative estimate of drug-likeness (QED) is 0.793. The van der Waals surface area contributed by atoms with Crippen molar-refractivity contribution < 1.29 is 17.9 Å². The van der Waals surface area contributed by atoms with Crippen molar-refractivity contribution in [3.05, 3.63) is 24.5 Å². The molecule has 3 nitrogen and oxygen atoms in total. The Morgan fingerprint density at radius 3 is 2.75 bits per heavy atom. The summed E-state index contributed by atoms with van der Waals surface area (Å²) in [5, 5.41) is 0. The van der Waals surface area contributed by atoms with E-state index in [0.717, 1.165) is 12.1 Å². The molecule has 0 saturated heterocycles. The third-order valence-corrected chi connectivity index (χ3v) is 2.17. The van der Waals surface area contributed by atoms with Crippen LogP contribution in [0.15, 0.2) is 24.5 Å². The fourth-order valence-electron chi connectivity index (χ4n) is 1.49. The number of halogens is 3. The van der Waals surface area contributed by atoms with Crippen LogP contribution in [0.25, 0.3) is 11.0 Å². The van der Waals surface area contributed by atoms with Crippen molar-refractivity contribution in [2.45, 2.75) is 19.8 Å². The number of imidazole rings is 1. The highest BCUT2D eigenvalue weighted by Gasteiger charge is 2.31. The van der Waals surface area contributed by atoms with Gasteiger partial charge >= 0.3 is 6.36 Å². The molecule has 0 spiro atoms. The van der Waals surface area contributed by atoms with E-state index in [-0.39, 0.29) is 5.75 Å². The zero-order valence-corrected chi connectivity index (χ0v) is 8.45. The van der Waals surface area contributed by atoms with Crippen LogP contribution in [0.1, 0.15) is 6.92 Å². The topological polar surface area (TPSA) is 27.1 Å². The van der Waals surface area contributed by atoms with Crippen LogP contribution in [0.4, 0.5) is 13.2 Å².